The maximum atomic E-state index is 12.1. The molecule has 2 fully saturated rings. The van der Waals surface area contributed by atoms with Crippen LogP contribution in [0.15, 0.2) is 18.2 Å². The molecule has 1 amide bonds. The second kappa shape index (κ2) is 6.74. The molecule has 3 atom stereocenters. The van der Waals surface area contributed by atoms with E-state index in [1.807, 2.05) is 12.1 Å². The number of hydrogen-bond acceptors (Lipinski definition) is 2. The minimum Gasteiger partial charge on any atom is -0.354 e. The molecule has 0 heterocycles. The van der Waals surface area contributed by atoms with Gasteiger partial charge < -0.3 is 11.1 Å². The summed E-state index contributed by atoms with van der Waals surface area (Å²) in [5.74, 6) is 1.04. The predicted molar refractivity (Wildman–Crippen MR) is 88.3 cm³/mol. The van der Waals surface area contributed by atoms with Gasteiger partial charge in [0.2, 0.25) is 5.91 Å². The molecule has 1 aromatic rings. The highest BCUT2D eigenvalue weighted by Gasteiger charge is 2.44. The zero-order valence-corrected chi connectivity index (χ0v) is 13.8. The summed E-state index contributed by atoms with van der Waals surface area (Å²) in [5.41, 5.74) is 7.07. The zero-order valence-electron chi connectivity index (χ0n) is 11.5. The molecule has 3 rings (SSSR count). The first kappa shape index (κ1) is 16.9. The molecule has 116 valence electrons. The van der Waals surface area contributed by atoms with Crippen LogP contribution in [0.4, 0.5) is 0 Å². The number of nitrogens with two attached hydrogens (primary N) is 1. The van der Waals surface area contributed by atoms with Crippen molar-refractivity contribution in [1.29, 1.82) is 0 Å². The Labute approximate surface area is 141 Å². The minimum absolute atomic E-state index is 0. The fraction of sp³-hybridized carbons (Fsp3) is 0.533. The Bertz CT molecular complexity index is 534. The molecule has 0 aliphatic heterocycles. The third-order valence-corrected chi connectivity index (χ3v) is 4.98. The lowest BCUT2D eigenvalue weighted by molar-refractivity contribution is -0.122. The van der Waals surface area contributed by atoms with Crippen LogP contribution < -0.4 is 11.1 Å². The first-order chi connectivity index (χ1) is 9.56. The van der Waals surface area contributed by atoms with Gasteiger partial charge in [-0.15, -0.1) is 12.4 Å². The van der Waals surface area contributed by atoms with Gasteiger partial charge in [-0.1, -0.05) is 29.3 Å². The van der Waals surface area contributed by atoms with Crippen molar-refractivity contribution >= 4 is 41.5 Å². The first-order valence-corrected chi connectivity index (χ1v) is 7.80. The predicted octanol–water partition coefficient (Wildman–Crippen LogP) is 3.37. The Morgan fingerprint density at radius 3 is 2.67 bits per heavy atom. The van der Waals surface area contributed by atoms with Gasteiger partial charge in [0.25, 0.3) is 0 Å². The van der Waals surface area contributed by atoms with E-state index in [2.05, 4.69) is 5.32 Å². The molecule has 0 saturated heterocycles. The SMILES string of the molecule is Cl.NC(CNC(=O)C1CC1c1ccc(Cl)c(Cl)c1)C1CC1. The summed E-state index contributed by atoms with van der Waals surface area (Å²) in [6.45, 7) is 0.591. The molecule has 6 heteroatoms. The fourth-order valence-electron chi connectivity index (χ4n) is 2.64. The molecular weight excluding hydrogens is 331 g/mol. The summed E-state index contributed by atoms with van der Waals surface area (Å²) < 4.78 is 0. The molecule has 0 bridgehead atoms. The fourth-order valence-corrected chi connectivity index (χ4v) is 2.94. The molecule has 3 N–H and O–H groups in total. The highest BCUT2D eigenvalue weighted by Crippen LogP contribution is 2.48. The van der Waals surface area contributed by atoms with Crippen LogP contribution >= 0.6 is 35.6 Å². The van der Waals surface area contributed by atoms with Crippen molar-refractivity contribution in [1.82, 2.24) is 5.32 Å². The third-order valence-electron chi connectivity index (χ3n) is 4.24. The van der Waals surface area contributed by atoms with Gasteiger partial charge in [0.15, 0.2) is 0 Å². The summed E-state index contributed by atoms with van der Waals surface area (Å²) in [5, 5.41) is 4.06. The van der Waals surface area contributed by atoms with Gasteiger partial charge in [-0.3, -0.25) is 4.79 Å². The average molecular weight is 350 g/mol. The van der Waals surface area contributed by atoms with E-state index in [1.165, 1.54) is 12.8 Å². The van der Waals surface area contributed by atoms with E-state index in [9.17, 15) is 4.79 Å². The number of hydrogen-bond donors (Lipinski definition) is 2. The lowest BCUT2D eigenvalue weighted by Gasteiger charge is -2.11. The van der Waals surface area contributed by atoms with Crippen LogP contribution in [0, 0.1) is 11.8 Å². The van der Waals surface area contributed by atoms with Gasteiger partial charge >= 0.3 is 0 Å². The normalized spacial score (nSPS) is 24.9. The molecule has 2 aliphatic rings. The highest BCUT2D eigenvalue weighted by atomic mass is 35.5. The summed E-state index contributed by atoms with van der Waals surface area (Å²) >= 11 is 11.9. The van der Waals surface area contributed by atoms with Gasteiger partial charge in [0, 0.05) is 18.5 Å². The largest absolute Gasteiger partial charge is 0.354 e. The van der Waals surface area contributed by atoms with Crippen LogP contribution in [-0.2, 0) is 4.79 Å². The van der Waals surface area contributed by atoms with Crippen LogP contribution in [0.2, 0.25) is 10.0 Å². The molecule has 3 unspecified atom stereocenters. The van der Waals surface area contributed by atoms with E-state index in [0.29, 0.717) is 22.5 Å². The Balaban J connectivity index is 0.00000161. The highest BCUT2D eigenvalue weighted by molar-refractivity contribution is 6.42. The van der Waals surface area contributed by atoms with Crippen LogP contribution in [-0.4, -0.2) is 18.5 Å². The number of halogens is 3. The second-order valence-electron chi connectivity index (χ2n) is 5.87. The molecule has 2 aliphatic carbocycles. The van der Waals surface area contributed by atoms with Crippen molar-refractivity contribution in [3.63, 3.8) is 0 Å². The number of amides is 1. The summed E-state index contributed by atoms with van der Waals surface area (Å²) in [6, 6.07) is 5.70. The average Bonchev–Trinajstić information content (AvgIpc) is 3.28. The Morgan fingerprint density at radius 2 is 2.05 bits per heavy atom. The van der Waals surface area contributed by atoms with Crippen molar-refractivity contribution in [3.8, 4) is 0 Å². The van der Waals surface area contributed by atoms with Crippen LogP contribution in [0.3, 0.4) is 0 Å². The Hall–Kier alpha value is -0.480. The van der Waals surface area contributed by atoms with Crippen molar-refractivity contribution < 1.29 is 4.79 Å². The molecule has 1 aromatic carbocycles. The topological polar surface area (TPSA) is 55.1 Å². The van der Waals surface area contributed by atoms with Gasteiger partial charge in [0.05, 0.1) is 10.0 Å². The lowest BCUT2D eigenvalue weighted by atomic mass is 10.1. The monoisotopic (exact) mass is 348 g/mol. The van der Waals surface area contributed by atoms with Gasteiger partial charge in [-0.05, 0) is 48.8 Å². The lowest BCUT2D eigenvalue weighted by Crippen LogP contribution is -2.39. The number of nitrogens with one attached hydrogen (secondary N) is 1. The van der Waals surface area contributed by atoms with E-state index >= 15 is 0 Å². The smallest absolute Gasteiger partial charge is 0.223 e. The van der Waals surface area contributed by atoms with E-state index in [1.54, 1.807) is 6.07 Å². The molecular formula is C15H19Cl3N2O. The van der Waals surface area contributed by atoms with Crippen molar-refractivity contribution in [2.24, 2.45) is 17.6 Å². The number of rotatable bonds is 5. The molecule has 0 spiro atoms. The molecule has 3 nitrogen and oxygen atoms in total. The standard InChI is InChI=1S/C15H18Cl2N2O.ClH/c16-12-4-3-9(5-13(12)17)10-6-11(10)15(20)19-7-14(18)8-1-2-8;/h3-5,8,10-11,14H,1-2,6-7,18H2,(H,19,20);1H. The van der Waals surface area contributed by atoms with Crippen LogP contribution in [0.25, 0.3) is 0 Å². The van der Waals surface area contributed by atoms with Gasteiger partial charge in [-0.2, -0.15) is 0 Å². The van der Waals surface area contributed by atoms with E-state index in [0.717, 1.165) is 12.0 Å². The molecule has 0 radical (unpaired) electrons. The van der Waals surface area contributed by atoms with Gasteiger partial charge in [0.1, 0.15) is 0 Å². The molecule has 21 heavy (non-hydrogen) atoms. The summed E-state index contributed by atoms with van der Waals surface area (Å²) in [7, 11) is 0. The number of carbonyl (C=O) groups excluding carboxylic acids is 1. The molecule has 0 aromatic heterocycles. The van der Waals surface area contributed by atoms with Crippen molar-refractivity contribution in [2.45, 2.75) is 31.2 Å². The third kappa shape index (κ3) is 4.04. The zero-order chi connectivity index (χ0) is 14.3. The first-order valence-electron chi connectivity index (χ1n) is 7.04. The van der Waals surface area contributed by atoms with Crippen LogP contribution in [0.1, 0.15) is 30.7 Å². The maximum absolute atomic E-state index is 12.1. The van der Waals surface area contributed by atoms with Crippen molar-refractivity contribution in [3.05, 3.63) is 33.8 Å². The summed E-state index contributed by atoms with van der Waals surface area (Å²) in [6.07, 6.45) is 3.28. The minimum atomic E-state index is 0. The Kier molecular flexibility index (Phi) is 5.42. The quantitative estimate of drug-likeness (QED) is 0.856. The number of benzene rings is 1. The van der Waals surface area contributed by atoms with E-state index < -0.39 is 0 Å². The van der Waals surface area contributed by atoms with Crippen LogP contribution in [0.5, 0.6) is 0 Å². The van der Waals surface area contributed by atoms with Crippen molar-refractivity contribution in [2.75, 3.05) is 6.54 Å². The Morgan fingerprint density at radius 1 is 1.33 bits per heavy atom. The van der Waals surface area contributed by atoms with E-state index in [-0.39, 0.29) is 36.2 Å². The van der Waals surface area contributed by atoms with Gasteiger partial charge in [-0.25, -0.2) is 0 Å². The molecule has 2 saturated carbocycles. The summed E-state index contributed by atoms with van der Waals surface area (Å²) in [4.78, 5) is 12.1. The second-order valence-corrected chi connectivity index (χ2v) is 6.68. The maximum Gasteiger partial charge on any atom is 0.223 e. The number of carbonyl (C=O) groups is 1. The van der Waals surface area contributed by atoms with E-state index in [4.69, 9.17) is 28.9 Å².